The van der Waals surface area contributed by atoms with Gasteiger partial charge in [0, 0.05) is 5.41 Å². The molecule has 3 aliphatic carbocycles. The molecule has 0 aromatic carbocycles. The minimum absolute atomic E-state index is 0.0990. The fourth-order valence-corrected chi connectivity index (χ4v) is 6.92. The summed E-state index contributed by atoms with van der Waals surface area (Å²) in [6, 6.07) is 0. The molecule has 7 atom stereocenters. The number of allylic oxidation sites excluding steroid dienone is 2. The summed E-state index contributed by atoms with van der Waals surface area (Å²) in [5.74, 6) is 2.32. The van der Waals surface area contributed by atoms with Crippen molar-refractivity contribution in [3.05, 3.63) is 24.3 Å². The molecule has 0 spiro atoms. The average molecular weight is 333 g/mol. The van der Waals surface area contributed by atoms with E-state index in [9.17, 15) is 10.2 Å². The van der Waals surface area contributed by atoms with Gasteiger partial charge >= 0.3 is 0 Å². The smallest absolute Gasteiger partial charge is 0.0627 e. The molecule has 0 unspecified atom stereocenters. The Morgan fingerprint density at radius 1 is 1.33 bits per heavy atom. The van der Waals surface area contributed by atoms with Crippen LogP contribution in [-0.2, 0) is 0 Å². The maximum Gasteiger partial charge on any atom is 0.0627 e. The van der Waals surface area contributed by atoms with Gasteiger partial charge in [-0.15, -0.1) is 6.58 Å². The maximum atomic E-state index is 11.0. The summed E-state index contributed by atoms with van der Waals surface area (Å²) in [5.41, 5.74) is 2.36. The molecule has 0 aliphatic heterocycles. The van der Waals surface area contributed by atoms with Gasteiger partial charge in [0.25, 0.3) is 0 Å². The molecule has 2 heteroatoms. The van der Waals surface area contributed by atoms with Gasteiger partial charge in [-0.3, -0.25) is 0 Å². The molecule has 2 nitrogen and oxygen atoms in total. The van der Waals surface area contributed by atoms with Gasteiger partial charge in [-0.25, -0.2) is 0 Å². The second kappa shape index (κ2) is 6.29. The highest BCUT2D eigenvalue weighted by molar-refractivity contribution is 5.22. The molecule has 3 fully saturated rings. The van der Waals surface area contributed by atoms with Crippen molar-refractivity contribution < 1.29 is 10.2 Å². The Hall–Kier alpha value is -0.600. The lowest BCUT2D eigenvalue weighted by atomic mass is 9.43. The van der Waals surface area contributed by atoms with E-state index < -0.39 is 0 Å². The molecular formula is C22H36O2. The van der Waals surface area contributed by atoms with Crippen LogP contribution in [0.15, 0.2) is 24.3 Å². The Labute approximate surface area is 148 Å². The van der Waals surface area contributed by atoms with Crippen LogP contribution in [-0.4, -0.2) is 22.9 Å². The molecular weight excluding hydrogens is 296 g/mol. The van der Waals surface area contributed by atoms with E-state index in [0.717, 1.165) is 25.7 Å². The van der Waals surface area contributed by atoms with Gasteiger partial charge in [0.2, 0.25) is 0 Å². The van der Waals surface area contributed by atoms with Crippen molar-refractivity contribution in [3.8, 4) is 0 Å². The Kier molecular flexibility index (Phi) is 4.77. The standard InChI is InChI=1S/C22H36O2/c1-14(2)6-9-18-16(4)7-8-17-11-20(24)22(13-23)12-15(3)10-19(22)21(17,18)5/h16-20,23-24H,1,3,6-13H2,2,4-5H3/t16-,17+,18+,19-,20-,21+,22+/m0/s1. The first kappa shape index (κ1) is 18.2. The van der Waals surface area contributed by atoms with Crippen molar-refractivity contribution in [2.45, 2.75) is 71.8 Å². The molecule has 0 aromatic rings. The number of rotatable bonds is 4. The van der Waals surface area contributed by atoms with Crippen molar-refractivity contribution in [1.82, 2.24) is 0 Å². The highest BCUT2D eigenvalue weighted by Crippen LogP contribution is 2.68. The second-order valence-electron chi connectivity index (χ2n) is 9.55. The quantitative estimate of drug-likeness (QED) is 0.731. The first-order chi connectivity index (χ1) is 11.3. The summed E-state index contributed by atoms with van der Waals surface area (Å²) in [6.45, 7) is 15.5. The van der Waals surface area contributed by atoms with E-state index in [1.807, 2.05) is 0 Å². The highest BCUT2D eigenvalue weighted by Gasteiger charge is 2.65. The molecule has 0 saturated heterocycles. The fraction of sp³-hybridized carbons (Fsp3) is 0.818. The molecule has 136 valence electrons. The molecule has 0 radical (unpaired) electrons. The second-order valence-corrected chi connectivity index (χ2v) is 9.55. The zero-order valence-corrected chi connectivity index (χ0v) is 15.9. The predicted molar refractivity (Wildman–Crippen MR) is 99.5 cm³/mol. The monoisotopic (exact) mass is 332 g/mol. The number of fused-ring (bicyclic) bond motifs is 3. The van der Waals surface area contributed by atoms with E-state index in [2.05, 4.69) is 33.9 Å². The van der Waals surface area contributed by atoms with Crippen molar-refractivity contribution >= 4 is 0 Å². The van der Waals surface area contributed by atoms with E-state index in [1.54, 1.807) is 0 Å². The summed E-state index contributed by atoms with van der Waals surface area (Å²) in [4.78, 5) is 0. The van der Waals surface area contributed by atoms with Gasteiger partial charge in [0.15, 0.2) is 0 Å². The van der Waals surface area contributed by atoms with Crippen molar-refractivity contribution in [2.24, 2.45) is 34.5 Å². The lowest BCUT2D eigenvalue weighted by molar-refractivity contribution is -0.190. The van der Waals surface area contributed by atoms with E-state index in [1.165, 1.54) is 30.4 Å². The number of hydrogen-bond donors (Lipinski definition) is 2. The van der Waals surface area contributed by atoms with Crippen LogP contribution in [0.5, 0.6) is 0 Å². The summed E-state index contributed by atoms with van der Waals surface area (Å²) in [6.07, 6.45) is 7.07. The molecule has 0 heterocycles. The van der Waals surface area contributed by atoms with Crippen LogP contribution in [0.1, 0.15) is 65.7 Å². The third-order valence-corrected chi connectivity index (χ3v) is 8.20. The van der Waals surface area contributed by atoms with Crippen LogP contribution in [0, 0.1) is 34.5 Å². The van der Waals surface area contributed by atoms with Crippen molar-refractivity contribution in [2.75, 3.05) is 6.61 Å². The van der Waals surface area contributed by atoms with Gasteiger partial charge in [0.05, 0.1) is 12.7 Å². The van der Waals surface area contributed by atoms with Crippen LogP contribution >= 0.6 is 0 Å². The van der Waals surface area contributed by atoms with E-state index in [0.29, 0.717) is 23.7 Å². The Balaban J connectivity index is 2.01. The van der Waals surface area contributed by atoms with Gasteiger partial charge in [-0.2, -0.15) is 0 Å². The van der Waals surface area contributed by atoms with E-state index in [-0.39, 0.29) is 23.5 Å². The first-order valence-corrected chi connectivity index (χ1v) is 9.85. The molecule has 0 bridgehead atoms. The zero-order chi connectivity index (χ0) is 17.7. The van der Waals surface area contributed by atoms with Gasteiger partial charge in [-0.05, 0) is 74.5 Å². The van der Waals surface area contributed by atoms with Crippen molar-refractivity contribution in [1.29, 1.82) is 0 Å². The van der Waals surface area contributed by atoms with E-state index >= 15 is 0 Å². The Morgan fingerprint density at radius 2 is 2.04 bits per heavy atom. The largest absolute Gasteiger partial charge is 0.396 e. The summed E-state index contributed by atoms with van der Waals surface area (Å²) >= 11 is 0. The molecule has 2 N–H and O–H groups in total. The van der Waals surface area contributed by atoms with Gasteiger partial charge in [-0.1, -0.05) is 38.0 Å². The maximum absolute atomic E-state index is 11.0. The lowest BCUT2D eigenvalue weighted by Crippen LogP contribution is -2.60. The average Bonchev–Trinajstić information content (AvgIpc) is 2.88. The summed E-state index contributed by atoms with van der Waals surface area (Å²) in [5, 5.41) is 21.3. The van der Waals surface area contributed by atoms with Crippen LogP contribution in [0.3, 0.4) is 0 Å². The molecule has 0 amide bonds. The Morgan fingerprint density at radius 3 is 2.67 bits per heavy atom. The SMILES string of the molecule is C=C(C)CC[C@@H]1[C@@H](C)CC[C@@H]2C[C@H](O)[C@@]3(CO)CC(=C)C[C@H]3[C@]21C. The third kappa shape index (κ3) is 2.52. The molecule has 3 aliphatic rings. The molecule has 3 saturated carbocycles. The molecule has 3 rings (SSSR count). The minimum atomic E-state index is -0.375. The first-order valence-electron chi connectivity index (χ1n) is 9.85. The van der Waals surface area contributed by atoms with Gasteiger partial charge < -0.3 is 10.2 Å². The summed E-state index contributed by atoms with van der Waals surface area (Å²) in [7, 11) is 0. The number of hydrogen-bond acceptors (Lipinski definition) is 2. The number of aliphatic hydroxyl groups excluding tert-OH is 2. The third-order valence-electron chi connectivity index (χ3n) is 8.20. The normalized spacial score (nSPS) is 48.0. The predicted octanol–water partition coefficient (Wildman–Crippen LogP) is 4.72. The highest BCUT2D eigenvalue weighted by atomic mass is 16.3. The van der Waals surface area contributed by atoms with Crippen molar-refractivity contribution in [3.63, 3.8) is 0 Å². The van der Waals surface area contributed by atoms with Crippen LogP contribution < -0.4 is 0 Å². The zero-order valence-electron chi connectivity index (χ0n) is 15.9. The summed E-state index contributed by atoms with van der Waals surface area (Å²) < 4.78 is 0. The topological polar surface area (TPSA) is 40.5 Å². The Bertz CT molecular complexity index is 524. The minimum Gasteiger partial charge on any atom is -0.396 e. The van der Waals surface area contributed by atoms with Gasteiger partial charge in [0.1, 0.15) is 0 Å². The molecule has 24 heavy (non-hydrogen) atoms. The van der Waals surface area contributed by atoms with Crippen LogP contribution in [0.4, 0.5) is 0 Å². The lowest BCUT2D eigenvalue weighted by Gasteiger charge is -2.62. The number of aliphatic hydroxyl groups is 2. The van der Waals surface area contributed by atoms with Crippen LogP contribution in [0.25, 0.3) is 0 Å². The molecule has 0 aromatic heterocycles. The van der Waals surface area contributed by atoms with Crippen LogP contribution in [0.2, 0.25) is 0 Å². The fourth-order valence-electron chi connectivity index (χ4n) is 6.92. The van der Waals surface area contributed by atoms with E-state index in [4.69, 9.17) is 0 Å².